The van der Waals surface area contributed by atoms with Crippen LogP contribution in [-0.2, 0) is 6.42 Å². The van der Waals surface area contributed by atoms with Crippen molar-refractivity contribution in [2.24, 2.45) is 0 Å². The largest absolute Gasteiger partial charge is 0.457 e. The van der Waals surface area contributed by atoms with Crippen LogP contribution in [0.25, 0.3) is 0 Å². The molecule has 0 fully saturated rings. The van der Waals surface area contributed by atoms with E-state index < -0.39 is 0 Å². The Hall–Kier alpha value is -1.76. The van der Waals surface area contributed by atoms with Gasteiger partial charge >= 0.3 is 0 Å². The molecule has 0 amide bonds. The second-order valence-electron chi connectivity index (χ2n) is 7.70. The predicted molar refractivity (Wildman–Crippen MR) is 118 cm³/mol. The van der Waals surface area contributed by atoms with Crippen LogP contribution in [0.2, 0.25) is 0 Å². The minimum atomic E-state index is 0.903. The molecule has 0 saturated carbocycles. The predicted octanol–water partition coefficient (Wildman–Crippen LogP) is 8.72. The van der Waals surface area contributed by atoms with Gasteiger partial charge in [-0.15, -0.1) is 0 Å². The lowest BCUT2D eigenvalue weighted by molar-refractivity contribution is 0.481. The van der Waals surface area contributed by atoms with E-state index in [0.29, 0.717) is 0 Å². The molecule has 0 spiro atoms. The Bertz CT molecular complexity index is 590. The molecule has 148 valence electrons. The number of aryl methyl sites for hydroxylation is 1. The molecule has 1 nitrogen and oxygen atoms in total. The van der Waals surface area contributed by atoms with Gasteiger partial charge in [-0.2, -0.15) is 0 Å². The molecule has 2 rings (SSSR count). The summed E-state index contributed by atoms with van der Waals surface area (Å²) in [6.45, 7) is 2.29. The standard InChI is InChI=1S/C26H38O/c1-2-3-4-5-6-7-8-9-10-11-12-14-18-24-19-17-22-26(23-24)27-25-20-15-13-16-21-25/h13,15-17,19-23H,2-12,14,18H2,1H3. The Kier molecular flexibility index (Phi) is 11.4. The zero-order valence-corrected chi connectivity index (χ0v) is 17.3. The van der Waals surface area contributed by atoms with Crippen LogP contribution in [0.1, 0.15) is 89.5 Å². The molecule has 0 bridgehead atoms. The third-order valence-electron chi connectivity index (χ3n) is 5.20. The summed E-state index contributed by atoms with van der Waals surface area (Å²) in [5.74, 6) is 1.85. The van der Waals surface area contributed by atoms with Crippen molar-refractivity contribution in [2.75, 3.05) is 0 Å². The molecule has 0 N–H and O–H groups in total. The number of unbranched alkanes of at least 4 members (excludes halogenated alkanes) is 11. The first-order valence-corrected chi connectivity index (χ1v) is 11.2. The van der Waals surface area contributed by atoms with E-state index in [-0.39, 0.29) is 0 Å². The fraction of sp³-hybridized carbons (Fsp3) is 0.538. The molecule has 0 atom stereocenters. The molecule has 2 aromatic rings. The fourth-order valence-electron chi connectivity index (χ4n) is 3.56. The minimum absolute atomic E-state index is 0.903. The van der Waals surface area contributed by atoms with E-state index in [9.17, 15) is 0 Å². The van der Waals surface area contributed by atoms with E-state index in [0.717, 1.165) is 17.9 Å². The van der Waals surface area contributed by atoms with Crippen LogP contribution in [0.15, 0.2) is 54.6 Å². The van der Waals surface area contributed by atoms with Crippen molar-refractivity contribution >= 4 is 0 Å². The summed E-state index contributed by atoms with van der Waals surface area (Å²) < 4.78 is 5.93. The first-order valence-electron chi connectivity index (χ1n) is 11.2. The second kappa shape index (κ2) is 14.3. The quantitative estimate of drug-likeness (QED) is 0.286. The van der Waals surface area contributed by atoms with Gasteiger partial charge in [0.1, 0.15) is 11.5 Å². The molecule has 1 heteroatoms. The Morgan fingerprint density at radius 3 is 1.74 bits per heavy atom. The van der Waals surface area contributed by atoms with Crippen molar-refractivity contribution in [3.8, 4) is 11.5 Å². The lowest BCUT2D eigenvalue weighted by atomic mass is 10.0. The van der Waals surface area contributed by atoms with Crippen LogP contribution in [0.3, 0.4) is 0 Å². The molecule has 0 unspecified atom stereocenters. The van der Waals surface area contributed by atoms with Gasteiger partial charge in [-0.3, -0.25) is 0 Å². The Morgan fingerprint density at radius 1 is 0.556 bits per heavy atom. The zero-order valence-electron chi connectivity index (χ0n) is 17.3. The van der Waals surface area contributed by atoms with E-state index in [2.05, 4.69) is 25.1 Å². The van der Waals surface area contributed by atoms with Crippen molar-refractivity contribution in [1.82, 2.24) is 0 Å². The van der Waals surface area contributed by atoms with Crippen LogP contribution in [0.4, 0.5) is 0 Å². The van der Waals surface area contributed by atoms with Gasteiger partial charge in [0.2, 0.25) is 0 Å². The van der Waals surface area contributed by atoms with E-state index in [1.165, 1.54) is 82.6 Å². The summed E-state index contributed by atoms with van der Waals surface area (Å²) in [5.41, 5.74) is 1.38. The van der Waals surface area contributed by atoms with Crippen molar-refractivity contribution in [3.63, 3.8) is 0 Å². The maximum absolute atomic E-state index is 5.93. The highest BCUT2D eigenvalue weighted by Gasteiger charge is 2.00. The fourth-order valence-corrected chi connectivity index (χ4v) is 3.56. The molecular formula is C26H38O. The van der Waals surface area contributed by atoms with Crippen molar-refractivity contribution in [3.05, 3.63) is 60.2 Å². The Labute approximate surface area is 167 Å². The highest BCUT2D eigenvalue weighted by molar-refractivity contribution is 5.33. The number of ether oxygens (including phenoxy) is 1. The molecule has 0 radical (unpaired) electrons. The van der Waals surface area contributed by atoms with Gasteiger partial charge < -0.3 is 4.74 Å². The monoisotopic (exact) mass is 366 g/mol. The lowest BCUT2D eigenvalue weighted by Gasteiger charge is -2.08. The van der Waals surface area contributed by atoms with Crippen LogP contribution in [0, 0.1) is 0 Å². The molecule has 0 saturated heterocycles. The summed E-state index contributed by atoms with van der Waals surface area (Å²) >= 11 is 0. The van der Waals surface area contributed by atoms with Gasteiger partial charge in [-0.1, -0.05) is 108 Å². The number of hydrogen-bond donors (Lipinski definition) is 0. The van der Waals surface area contributed by atoms with Crippen molar-refractivity contribution in [2.45, 2.75) is 90.4 Å². The highest BCUT2D eigenvalue weighted by atomic mass is 16.5. The van der Waals surface area contributed by atoms with Crippen LogP contribution < -0.4 is 4.74 Å². The normalized spacial score (nSPS) is 10.9. The van der Waals surface area contributed by atoms with Crippen LogP contribution in [0.5, 0.6) is 11.5 Å². The van der Waals surface area contributed by atoms with Crippen LogP contribution >= 0.6 is 0 Å². The third-order valence-corrected chi connectivity index (χ3v) is 5.20. The molecule has 2 aromatic carbocycles. The van der Waals surface area contributed by atoms with E-state index in [1.54, 1.807) is 0 Å². The molecule has 0 heterocycles. The number of benzene rings is 2. The molecule has 0 aliphatic rings. The summed E-state index contributed by atoms with van der Waals surface area (Å²) in [5, 5.41) is 0. The summed E-state index contributed by atoms with van der Waals surface area (Å²) in [6.07, 6.45) is 18.0. The first kappa shape index (κ1) is 21.5. The van der Waals surface area contributed by atoms with Crippen molar-refractivity contribution < 1.29 is 4.74 Å². The second-order valence-corrected chi connectivity index (χ2v) is 7.70. The van der Waals surface area contributed by atoms with Gasteiger partial charge in [-0.05, 0) is 42.7 Å². The highest BCUT2D eigenvalue weighted by Crippen LogP contribution is 2.22. The molecule has 27 heavy (non-hydrogen) atoms. The summed E-state index contributed by atoms with van der Waals surface area (Å²) in [7, 11) is 0. The zero-order chi connectivity index (χ0) is 19.0. The SMILES string of the molecule is CCCCCCCCCCCCCCc1cccc(Oc2ccccc2)c1. The smallest absolute Gasteiger partial charge is 0.127 e. The van der Waals surface area contributed by atoms with Gasteiger partial charge in [0.15, 0.2) is 0 Å². The van der Waals surface area contributed by atoms with Gasteiger partial charge in [0.25, 0.3) is 0 Å². The number of rotatable bonds is 15. The van der Waals surface area contributed by atoms with Gasteiger partial charge in [0, 0.05) is 0 Å². The molecular weight excluding hydrogens is 328 g/mol. The van der Waals surface area contributed by atoms with E-state index in [1.807, 2.05) is 36.4 Å². The topological polar surface area (TPSA) is 9.23 Å². The molecule has 0 aliphatic carbocycles. The van der Waals surface area contributed by atoms with Crippen LogP contribution in [-0.4, -0.2) is 0 Å². The minimum Gasteiger partial charge on any atom is -0.457 e. The van der Waals surface area contributed by atoms with Gasteiger partial charge in [0.05, 0.1) is 0 Å². The van der Waals surface area contributed by atoms with Crippen molar-refractivity contribution in [1.29, 1.82) is 0 Å². The number of para-hydroxylation sites is 1. The third kappa shape index (κ3) is 10.2. The average molecular weight is 367 g/mol. The van der Waals surface area contributed by atoms with E-state index in [4.69, 9.17) is 4.74 Å². The summed E-state index contributed by atoms with van der Waals surface area (Å²) in [6, 6.07) is 18.6. The Morgan fingerprint density at radius 2 is 1.11 bits per heavy atom. The Balaban J connectivity index is 1.50. The lowest BCUT2D eigenvalue weighted by Crippen LogP contribution is -1.89. The average Bonchev–Trinajstić information content (AvgIpc) is 2.70. The summed E-state index contributed by atoms with van der Waals surface area (Å²) in [4.78, 5) is 0. The number of hydrogen-bond acceptors (Lipinski definition) is 1. The maximum Gasteiger partial charge on any atom is 0.127 e. The van der Waals surface area contributed by atoms with E-state index >= 15 is 0 Å². The van der Waals surface area contributed by atoms with Gasteiger partial charge in [-0.25, -0.2) is 0 Å². The maximum atomic E-state index is 5.93. The molecule has 0 aliphatic heterocycles. The molecule has 0 aromatic heterocycles. The first-order chi connectivity index (χ1) is 13.4.